The van der Waals surface area contributed by atoms with E-state index in [0.717, 1.165) is 5.16 Å². The molecule has 1 aromatic heterocycles. The molecule has 1 amide bonds. The first kappa shape index (κ1) is 14.0. The van der Waals surface area contributed by atoms with E-state index in [0.29, 0.717) is 23.8 Å². The molecule has 4 nitrogen and oxygen atoms in total. The highest BCUT2D eigenvalue weighted by Crippen LogP contribution is 2.40. The van der Waals surface area contributed by atoms with Gasteiger partial charge in [0.05, 0.1) is 5.75 Å². The van der Waals surface area contributed by atoms with Crippen molar-refractivity contribution in [2.45, 2.75) is 62.7 Å². The number of carbonyl (C=O) groups excluding carboxylic acids is 1. The van der Waals surface area contributed by atoms with E-state index in [1.54, 1.807) is 11.8 Å². The minimum Gasteiger partial charge on any atom is -0.342 e. The molecule has 5 heteroatoms. The summed E-state index contributed by atoms with van der Waals surface area (Å²) in [5.74, 6) is 1.23. The van der Waals surface area contributed by atoms with Gasteiger partial charge >= 0.3 is 0 Å². The summed E-state index contributed by atoms with van der Waals surface area (Å²) in [6.45, 7) is 4.41. The van der Waals surface area contributed by atoms with Gasteiger partial charge in [0.15, 0.2) is 5.16 Å². The van der Waals surface area contributed by atoms with Gasteiger partial charge in [0.25, 0.3) is 0 Å². The van der Waals surface area contributed by atoms with Crippen LogP contribution in [-0.2, 0) is 4.79 Å². The van der Waals surface area contributed by atoms with Crippen molar-refractivity contribution in [1.82, 2.24) is 14.5 Å². The van der Waals surface area contributed by atoms with Gasteiger partial charge in [-0.15, -0.1) is 0 Å². The maximum Gasteiger partial charge on any atom is 0.233 e. The van der Waals surface area contributed by atoms with Crippen LogP contribution in [0.4, 0.5) is 0 Å². The minimum absolute atomic E-state index is 0.231. The predicted molar refractivity (Wildman–Crippen MR) is 81.1 cm³/mol. The van der Waals surface area contributed by atoms with Crippen molar-refractivity contribution in [3.8, 4) is 0 Å². The molecule has 20 heavy (non-hydrogen) atoms. The van der Waals surface area contributed by atoms with Gasteiger partial charge < -0.3 is 9.47 Å². The van der Waals surface area contributed by atoms with E-state index < -0.39 is 0 Å². The largest absolute Gasteiger partial charge is 0.342 e. The molecule has 0 unspecified atom stereocenters. The Kier molecular flexibility index (Phi) is 3.80. The first-order chi connectivity index (χ1) is 9.58. The Morgan fingerprint density at radius 1 is 1.45 bits per heavy atom. The molecule has 110 valence electrons. The summed E-state index contributed by atoms with van der Waals surface area (Å²) in [4.78, 5) is 18.6. The second-order valence-electron chi connectivity index (χ2n) is 6.25. The molecule has 2 fully saturated rings. The molecule has 0 atom stereocenters. The van der Waals surface area contributed by atoms with Crippen LogP contribution < -0.4 is 0 Å². The van der Waals surface area contributed by atoms with E-state index in [9.17, 15) is 4.79 Å². The monoisotopic (exact) mass is 293 g/mol. The van der Waals surface area contributed by atoms with Crippen LogP contribution in [0.15, 0.2) is 11.4 Å². The Hall–Kier alpha value is -0.970. The van der Waals surface area contributed by atoms with Crippen molar-refractivity contribution in [3.63, 3.8) is 0 Å². The molecule has 2 aliphatic rings. The standard InChI is InChI=1S/C15H23N3OS/c1-10(2)13-8-16-15(18(13)12-6-7-12)20-9-14(19)17(3)11-4-5-11/h8,10-12H,4-7,9H2,1-3H3. The molecular weight excluding hydrogens is 270 g/mol. The number of thioether (sulfide) groups is 1. The smallest absolute Gasteiger partial charge is 0.233 e. The van der Waals surface area contributed by atoms with Crippen LogP contribution in [0.1, 0.15) is 57.2 Å². The van der Waals surface area contributed by atoms with Gasteiger partial charge in [0.1, 0.15) is 0 Å². The van der Waals surface area contributed by atoms with Crippen molar-refractivity contribution in [2.24, 2.45) is 0 Å². The highest BCUT2D eigenvalue weighted by atomic mass is 32.2. The molecule has 2 saturated carbocycles. The SMILES string of the molecule is CC(C)c1cnc(SCC(=O)N(C)C2CC2)n1C1CC1. The predicted octanol–water partition coefficient (Wildman–Crippen LogP) is 3.05. The third kappa shape index (κ3) is 2.87. The molecule has 0 radical (unpaired) electrons. The zero-order valence-electron chi connectivity index (χ0n) is 12.5. The molecule has 1 aromatic rings. The number of imidazole rings is 1. The summed E-state index contributed by atoms with van der Waals surface area (Å²) in [7, 11) is 1.92. The summed E-state index contributed by atoms with van der Waals surface area (Å²) in [5.41, 5.74) is 1.30. The molecule has 0 N–H and O–H groups in total. The summed E-state index contributed by atoms with van der Waals surface area (Å²) in [6, 6.07) is 1.12. The second kappa shape index (κ2) is 5.43. The molecule has 3 rings (SSSR count). The molecule has 1 heterocycles. The summed E-state index contributed by atoms with van der Waals surface area (Å²) < 4.78 is 2.36. The fourth-order valence-corrected chi connectivity index (χ4v) is 3.46. The van der Waals surface area contributed by atoms with Gasteiger partial charge in [0.2, 0.25) is 5.91 Å². The van der Waals surface area contributed by atoms with Crippen LogP contribution in [0.3, 0.4) is 0 Å². The van der Waals surface area contributed by atoms with Crippen molar-refractivity contribution in [2.75, 3.05) is 12.8 Å². The van der Waals surface area contributed by atoms with E-state index in [1.165, 1.54) is 31.4 Å². The Labute approximate surface area is 124 Å². The second-order valence-corrected chi connectivity index (χ2v) is 7.19. The fraction of sp³-hybridized carbons (Fsp3) is 0.733. The topological polar surface area (TPSA) is 38.1 Å². The third-order valence-corrected chi connectivity index (χ3v) is 5.06. The lowest BCUT2D eigenvalue weighted by Gasteiger charge is -2.16. The van der Waals surface area contributed by atoms with Crippen LogP contribution >= 0.6 is 11.8 Å². The Balaban J connectivity index is 1.66. The van der Waals surface area contributed by atoms with Gasteiger partial charge in [-0.1, -0.05) is 25.6 Å². The average Bonchev–Trinajstić information content (AvgIpc) is 3.32. The number of aromatic nitrogens is 2. The quantitative estimate of drug-likeness (QED) is 0.757. The first-order valence-electron chi connectivity index (χ1n) is 7.53. The lowest BCUT2D eigenvalue weighted by Crippen LogP contribution is -2.30. The normalized spacial score (nSPS) is 18.6. The minimum atomic E-state index is 0.231. The van der Waals surface area contributed by atoms with E-state index in [4.69, 9.17) is 0 Å². The summed E-state index contributed by atoms with van der Waals surface area (Å²) in [6.07, 6.45) is 6.82. The van der Waals surface area contributed by atoms with E-state index in [2.05, 4.69) is 23.4 Å². The van der Waals surface area contributed by atoms with E-state index >= 15 is 0 Å². The molecular formula is C15H23N3OS. The third-order valence-electron chi connectivity index (χ3n) is 4.11. The number of hydrogen-bond donors (Lipinski definition) is 0. The van der Waals surface area contributed by atoms with Crippen LogP contribution in [0, 0.1) is 0 Å². The van der Waals surface area contributed by atoms with Crippen LogP contribution in [0.5, 0.6) is 0 Å². The van der Waals surface area contributed by atoms with E-state index in [1.807, 2.05) is 18.1 Å². The van der Waals surface area contributed by atoms with Crippen molar-refractivity contribution in [1.29, 1.82) is 0 Å². The number of nitrogens with zero attached hydrogens (tertiary/aromatic N) is 3. The Bertz CT molecular complexity index is 503. The van der Waals surface area contributed by atoms with Crippen molar-refractivity contribution in [3.05, 3.63) is 11.9 Å². The Morgan fingerprint density at radius 3 is 2.70 bits per heavy atom. The van der Waals surface area contributed by atoms with Crippen LogP contribution in [0.25, 0.3) is 0 Å². The van der Waals surface area contributed by atoms with Crippen LogP contribution in [-0.4, -0.2) is 39.2 Å². The number of rotatable bonds is 6. The van der Waals surface area contributed by atoms with Gasteiger partial charge in [-0.05, 0) is 31.6 Å². The van der Waals surface area contributed by atoms with Gasteiger partial charge in [-0.25, -0.2) is 4.98 Å². The van der Waals surface area contributed by atoms with E-state index in [-0.39, 0.29) is 5.91 Å². The van der Waals surface area contributed by atoms with Gasteiger partial charge in [-0.2, -0.15) is 0 Å². The molecule has 0 bridgehead atoms. The lowest BCUT2D eigenvalue weighted by molar-refractivity contribution is -0.127. The molecule has 2 aliphatic carbocycles. The number of amides is 1. The number of carbonyl (C=O) groups is 1. The highest BCUT2D eigenvalue weighted by molar-refractivity contribution is 7.99. The summed E-state index contributed by atoms with van der Waals surface area (Å²) in [5, 5.41) is 1.02. The lowest BCUT2D eigenvalue weighted by atomic mass is 10.1. The van der Waals surface area contributed by atoms with Crippen molar-refractivity contribution >= 4 is 17.7 Å². The van der Waals surface area contributed by atoms with Gasteiger partial charge in [-0.3, -0.25) is 4.79 Å². The van der Waals surface area contributed by atoms with Crippen molar-refractivity contribution < 1.29 is 4.79 Å². The Morgan fingerprint density at radius 2 is 2.15 bits per heavy atom. The average molecular weight is 293 g/mol. The molecule has 0 saturated heterocycles. The summed E-state index contributed by atoms with van der Waals surface area (Å²) >= 11 is 1.60. The maximum absolute atomic E-state index is 12.1. The highest BCUT2D eigenvalue weighted by Gasteiger charge is 2.31. The first-order valence-corrected chi connectivity index (χ1v) is 8.52. The number of hydrogen-bond acceptors (Lipinski definition) is 3. The maximum atomic E-state index is 12.1. The molecule has 0 aliphatic heterocycles. The van der Waals surface area contributed by atoms with Crippen LogP contribution in [0.2, 0.25) is 0 Å². The molecule has 0 spiro atoms. The zero-order chi connectivity index (χ0) is 14.3. The fourth-order valence-electron chi connectivity index (χ4n) is 2.48. The zero-order valence-corrected chi connectivity index (χ0v) is 13.3. The van der Waals surface area contributed by atoms with Gasteiger partial charge in [0, 0.05) is 31.0 Å². The molecule has 0 aromatic carbocycles.